The molecule has 0 spiro atoms. The van der Waals surface area contributed by atoms with Gasteiger partial charge in [0.1, 0.15) is 0 Å². The van der Waals surface area contributed by atoms with E-state index < -0.39 is 0 Å². The molecule has 0 saturated carbocycles. The van der Waals surface area contributed by atoms with E-state index in [1.165, 1.54) is 75.8 Å². The largest absolute Gasteiger partial charge is 0.256 e. The predicted molar refractivity (Wildman–Crippen MR) is 142 cm³/mol. The van der Waals surface area contributed by atoms with Crippen molar-refractivity contribution in [2.75, 3.05) is 0 Å². The second-order valence-electron chi connectivity index (χ2n) is 11.2. The molecule has 0 radical (unpaired) electrons. The Labute approximate surface area is 203 Å². The smallest absolute Gasteiger partial charge is 0.0705 e. The molecule has 0 fully saturated rings. The van der Waals surface area contributed by atoms with Gasteiger partial charge in [-0.3, -0.25) is 4.98 Å². The van der Waals surface area contributed by atoms with Gasteiger partial charge < -0.3 is 0 Å². The van der Waals surface area contributed by atoms with Crippen LogP contribution < -0.4 is 0 Å². The summed E-state index contributed by atoms with van der Waals surface area (Å²) in [5.41, 5.74) is 13.4. The SMILES string of the molecule is CC1(C)c2ccc(-c3cc4c(cn3)CCCC4)cc2C(C)(C)c2ccc(-c3ccccc3)cc21. The van der Waals surface area contributed by atoms with Crippen LogP contribution in [0.5, 0.6) is 0 Å². The average molecular weight is 444 g/mol. The summed E-state index contributed by atoms with van der Waals surface area (Å²) < 4.78 is 0. The lowest BCUT2D eigenvalue weighted by molar-refractivity contribution is 0.521. The van der Waals surface area contributed by atoms with Crippen LogP contribution >= 0.6 is 0 Å². The van der Waals surface area contributed by atoms with Crippen molar-refractivity contribution in [3.05, 3.63) is 112 Å². The standard InChI is InChI=1S/C33H33N/c1-32(2)28-17-15-25(31-20-23-12-8-9-13-26(23)21-34-31)19-30(28)33(3,4)27-16-14-24(18-29(27)32)22-10-6-5-7-11-22/h5-7,10-11,14-21H,8-9,12-13H2,1-4H3. The van der Waals surface area contributed by atoms with Gasteiger partial charge in [0.2, 0.25) is 0 Å². The van der Waals surface area contributed by atoms with Crippen LogP contribution in [-0.2, 0) is 23.7 Å². The Kier molecular flexibility index (Phi) is 4.81. The molecule has 6 rings (SSSR count). The van der Waals surface area contributed by atoms with Crippen molar-refractivity contribution in [3.8, 4) is 22.4 Å². The minimum absolute atomic E-state index is 0.0627. The van der Waals surface area contributed by atoms with Gasteiger partial charge in [0.25, 0.3) is 0 Å². The van der Waals surface area contributed by atoms with Gasteiger partial charge in [-0.05, 0) is 88.4 Å². The van der Waals surface area contributed by atoms with Crippen LogP contribution in [0.2, 0.25) is 0 Å². The number of fused-ring (bicyclic) bond motifs is 3. The van der Waals surface area contributed by atoms with Crippen LogP contribution in [0.3, 0.4) is 0 Å². The van der Waals surface area contributed by atoms with Crippen LogP contribution in [0.15, 0.2) is 79.0 Å². The number of hydrogen-bond donors (Lipinski definition) is 0. The Hall–Kier alpha value is -3.19. The Morgan fingerprint density at radius 3 is 1.82 bits per heavy atom. The molecule has 2 aliphatic rings. The normalized spacial score (nSPS) is 17.4. The summed E-state index contributed by atoms with van der Waals surface area (Å²) in [7, 11) is 0. The molecule has 0 bridgehead atoms. The zero-order valence-corrected chi connectivity index (χ0v) is 20.8. The fraction of sp³-hybridized carbons (Fsp3) is 0.303. The highest BCUT2D eigenvalue weighted by atomic mass is 14.7. The second kappa shape index (κ2) is 7.67. The van der Waals surface area contributed by atoms with Crippen molar-refractivity contribution in [3.63, 3.8) is 0 Å². The Bertz CT molecular complexity index is 1390. The highest BCUT2D eigenvalue weighted by molar-refractivity contribution is 5.71. The van der Waals surface area contributed by atoms with E-state index in [1.54, 1.807) is 0 Å². The van der Waals surface area contributed by atoms with E-state index >= 15 is 0 Å². The number of benzene rings is 3. The van der Waals surface area contributed by atoms with E-state index in [0.717, 1.165) is 5.69 Å². The number of nitrogens with zero attached hydrogens (tertiary/aromatic N) is 1. The quantitative estimate of drug-likeness (QED) is 0.304. The Morgan fingerprint density at radius 1 is 0.559 bits per heavy atom. The molecule has 1 nitrogen and oxygen atoms in total. The van der Waals surface area contributed by atoms with E-state index in [2.05, 4.69) is 107 Å². The molecular formula is C33H33N. The summed E-state index contributed by atoms with van der Waals surface area (Å²) in [6, 6.07) is 27.2. The van der Waals surface area contributed by atoms with Crippen molar-refractivity contribution >= 4 is 0 Å². The summed E-state index contributed by atoms with van der Waals surface area (Å²) in [4.78, 5) is 4.88. The fourth-order valence-corrected chi connectivity index (χ4v) is 6.24. The maximum Gasteiger partial charge on any atom is 0.0705 e. The molecule has 1 heterocycles. The van der Waals surface area contributed by atoms with Gasteiger partial charge in [-0.25, -0.2) is 0 Å². The topological polar surface area (TPSA) is 12.9 Å². The summed E-state index contributed by atoms with van der Waals surface area (Å²) in [6.07, 6.45) is 7.07. The first-order chi connectivity index (χ1) is 16.4. The van der Waals surface area contributed by atoms with Crippen molar-refractivity contribution in [2.24, 2.45) is 0 Å². The van der Waals surface area contributed by atoms with Crippen LogP contribution in [0.25, 0.3) is 22.4 Å². The third-order valence-corrected chi connectivity index (χ3v) is 8.36. The van der Waals surface area contributed by atoms with Gasteiger partial charge in [0, 0.05) is 22.6 Å². The Morgan fingerprint density at radius 2 is 1.15 bits per heavy atom. The zero-order valence-electron chi connectivity index (χ0n) is 20.8. The molecule has 2 aliphatic carbocycles. The van der Waals surface area contributed by atoms with Crippen LogP contribution in [0.1, 0.15) is 73.9 Å². The van der Waals surface area contributed by atoms with Crippen molar-refractivity contribution in [2.45, 2.75) is 64.2 Å². The van der Waals surface area contributed by atoms with E-state index in [1.807, 2.05) is 0 Å². The summed E-state index contributed by atoms with van der Waals surface area (Å²) in [6.45, 7) is 9.52. The molecule has 1 heteroatoms. The van der Waals surface area contributed by atoms with Crippen molar-refractivity contribution < 1.29 is 0 Å². The van der Waals surface area contributed by atoms with Gasteiger partial charge in [0.05, 0.1) is 5.69 Å². The molecule has 0 aliphatic heterocycles. The minimum atomic E-state index is -0.0698. The maximum atomic E-state index is 4.88. The van der Waals surface area contributed by atoms with Crippen LogP contribution in [0.4, 0.5) is 0 Å². The molecule has 3 aromatic carbocycles. The van der Waals surface area contributed by atoms with Crippen LogP contribution in [-0.4, -0.2) is 4.98 Å². The van der Waals surface area contributed by atoms with Gasteiger partial charge >= 0.3 is 0 Å². The van der Waals surface area contributed by atoms with Gasteiger partial charge in [-0.2, -0.15) is 0 Å². The first-order valence-electron chi connectivity index (χ1n) is 12.7. The van der Waals surface area contributed by atoms with Crippen molar-refractivity contribution in [1.29, 1.82) is 0 Å². The molecule has 0 unspecified atom stereocenters. The number of rotatable bonds is 2. The lowest BCUT2D eigenvalue weighted by atomic mass is 9.59. The lowest BCUT2D eigenvalue weighted by Crippen LogP contribution is -2.36. The number of hydrogen-bond acceptors (Lipinski definition) is 1. The molecule has 4 aromatic rings. The molecule has 34 heavy (non-hydrogen) atoms. The van der Waals surface area contributed by atoms with E-state index in [9.17, 15) is 0 Å². The fourth-order valence-electron chi connectivity index (χ4n) is 6.24. The summed E-state index contributed by atoms with van der Waals surface area (Å²) in [5.74, 6) is 0. The molecule has 0 saturated heterocycles. The average Bonchev–Trinajstić information content (AvgIpc) is 2.87. The van der Waals surface area contributed by atoms with Crippen LogP contribution in [0, 0.1) is 0 Å². The predicted octanol–water partition coefficient (Wildman–Crippen LogP) is 8.26. The molecule has 0 amide bonds. The summed E-state index contributed by atoms with van der Waals surface area (Å²) >= 11 is 0. The van der Waals surface area contributed by atoms with Gasteiger partial charge in [0.15, 0.2) is 0 Å². The highest BCUT2D eigenvalue weighted by Crippen LogP contribution is 2.51. The van der Waals surface area contributed by atoms with E-state index in [-0.39, 0.29) is 10.8 Å². The monoisotopic (exact) mass is 443 g/mol. The molecule has 0 N–H and O–H groups in total. The van der Waals surface area contributed by atoms with E-state index in [4.69, 9.17) is 4.98 Å². The highest BCUT2D eigenvalue weighted by Gasteiger charge is 2.41. The molecule has 170 valence electrons. The second-order valence-corrected chi connectivity index (χ2v) is 11.2. The van der Waals surface area contributed by atoms with E-state index in [0.29, 0.717) is 0 Å². The van der Waals surface area contributed by atoms with Gasteiger partial charge in [-0.15, -0.1) is 0 Å². The lowest BCUT2D eigenvalue weighted by Gasteiger charge is -2.44. The first kappa shape index (κ1) is 21.4. The summed E-state index contributed by atoms with van der Waals surface area (Å²) in [5, 5.41) is 0. The number of aromatic nitrogens is 1. The van der Waals surface area contributed by atoms with Gasteiger partial charge in [-0.1, -0.05) is 82.3 Å². The Balaban J connectivity index is 1.48. The molecular weight excluding hydrogens is 410 g/mol. The third kappa shape index (κ3) is 3.25. The molecule has 1 aromatic heterocycles. The zero-order chi connectivity index (χ0) is 23.5. The number of pyridine rings is 1. The van der Waals surface area contributed by atoms with Crippen molar-refractivity contribution in [1.82, 2.24) is 4.98 Å². The maximum absolute atomic E-state index is 4.88. The first-order valence-corrected chi connectivity index (χ1v) is 12.7. The minimum Gasteiger partial charge on any atom is -0.256 e. The number of aryl methyl sites for hydroxylation is 2. The molecule has 0 atom stereocenters. The third-order valence-electron chi connectivity index (χ3n) is 8.36.